The largest absolute Gasteiger partial charge is 0.463 e. The van der Waals surface area contributed by atoms with E-state index in [9.17, 15) is 9.59 Å². The van der Waals surface area contributed by atoms with Crippen molar-refractivity contribution in [3.05, 3.63) is 16.0 Å². The van der Waals surface area contributed by atoms with Crippen molar-refractivity contribution in [2.75, 3.05) is 13.2 Å². The highest BCUT2D eigenvalue weighted by atomic mass is 31.2. The van der Waals surface area contributed by atoms with Gasteiger partial charge in [-0.2, -0.15) is 15.0 Å². The molecule has 1 aliphatic heterocycles. The van der Waals surface area contributed by atoms with Crippen molar-refractivity contribution in [3.63, 3.8) is 0 Å². The molecule has 3 rings (SSSR count). The Bertz CT molecular complexity index is 1190. The lowest BCUT2D eigenvalue weighted by Gasteiger charge is -2.37. The van der Waals surface area contributed by atoms with Crippen LogP contribution in [0.25, 0.3) is 11.0 Å². The molecule has 38 heavy (non-hydrogen) atoms. The van der Waals surface area contributed by atoms with Crippen LogP contribution in [-0.4, -0.2) is 72.9 Å². The van der Waals surface area contributed by atoms with E-state index in [1.54, 1.807) is 7.05 Å². The second kappa shape index (κ2) is 13.5. The Labute approximate surface area is 223 Å². The van der Waals surface area contributed by atoms with Gasteiger partial charge in [-0.25, -0.2) is 4.67 Å². The van der Waals surface area contributed by atoms with Crippen LogP contribution in [-0.2, 0) is 36.8 Å². The van der Waals surface area contributed by atoms with Gasteiger partial charge in [0.2, 0.25) is 0 Å². The Hall–Kier alpha value is -2.49. The van der Waals surface area contributed by atoms with Crippen molar-refractivity contribution >= 4 is 25.5 Å². The number of ether oxygens (including phenoxy) is 2. The van der Waals surface area contributed by atoms with Gasteiger partial charge in [0, 0.05) is 32.5 Å². The summed E-state index contributed by atoms with van der Waals surface area (Å²) in [5, 5.41) is 21.9. The second-order valence-corrected chi connectivity index (χ2v) is 11.1. The first-order chi connectivity index (χ1) is 18.1. The predicted octanol–water partition coefficient (Wildman–Crippen LogP) is 2.99. The first-order valence-corrected chi connectivity index (χ1v) is 14.1. The topological polar surface area (TPSA) is 147 Å². The lowest BCUT2D eigenvalue weighted by molar-refractivity contribution is -0.147. The minimum absolute atomic E-state index is 0.0575. The Kier molecular flexibility index (Phi) is 10.7. The zero-order valence-corrected chi connectivity index (χ0v) is 24.1. The van der Waals surface area contributed by atoms with Crippen LogP contribution in [0.3, 0.4) is 0 Å². The molecule has 0 bridgehead atoms. The molecule has 0 aliphatic carbocycles. The summed E-state index contributed by atoms with van der Waals surface area (Å²) in [6.45, 7) is 11.7. The number of hydrogen-bond donors (Lipinski definition) is 0. The maximum atomic E-state index is 13.5. The number of aryl methyl sites for hydroxylation is 2. The van der Waals surface area contributed by atoms with Crippen molar-refractivity contribution in [1.82, 2.24) is 29.4 Å². The van der Waals surface area contributed by atoms with Gasteiger partial charge < -0.3 is 18.5 Å². The molecular formula is C24H38N7O6P. The smallest absolute Gasteiger partial charge is 0.302 e. The third-order valence-electron chi connectivity index (χ3n) is 6.02. The van der Waals surface area contributed by atoms with Gasteiger partial charge in [-0.3, -0.25) is 14.3 Å². The van der Waals surface area contributed by atoms with E-state index < -0.39 is 32.9 Å². The van der Waals surface area contributed by atoms with Gasteiger partial charge in [-0.15, -0.1) is 5.10 Å². The van der Waals surface area contributed by atoms with E-state index in [4.69, 9.17) is 23.8 Å². The standard InChI is InChI=1S/C24H38N7O6P/c1-8-10-18-22-23(29(7)27-18)24(33)30(28-26-22)21-13-19(20(36-21)14-34-17(6)32)37-38(35-12-9-11-25)31(15(2)3)16(4)5/h15-16,19-21H,8-10,12-14H2,1-7H3. The van der Waals surface area contributed by atoms with Crippen molar-refractivity contribution in [2.24, 2.45) is 7.05 Å². The van der Waals surface area contributed by atoms with Crippen LogP contribution in [0.5, 0.6) is 0 Å². The molecule has 1 aliphatic rings. The highest BCUT2D eigenvalue weighted by molar-refractivity contribution is 7.44. The van der Waals surface area contributed by atoms with E-state index >= 15 is 0 Å². The molecule has 0 amide bonds. The Morgan fingerprint density at radius 3 is 2.63 bits per heavy atom. The summed E-state index contributed by atoms with van der Waals surface area (Å²) >= 11 is 0. The SMILES string of the molecule is CCCc1nn(C)c2c(=O)n(C3CC(OP(OCCC#N)N(C(C)C)C(C)C)C(COC(C)=O)O3)nnc12. The summed E-state index contributed by atoms with van der Waals surface area (Å²) in [5.74, 6) is -0.453. The quantitative estimate of drug-likeness (QED) is 0.206. The van der Waals surface area contributed by atoms with E-state index in [1.165, 1.54) is 16.3 Å². The predicted molar refractivity (Wildman–Crippen MR) is 140 cm³/mol. The van der Waals surface area contributed by atoms with Gasteiger partial charge in [-0.1, -0.05) is 18.6 Å². The molecule has 1 fully saturated rings. The number of fused-ring (bicyclic) bond motifs is 1. The molecule has 4 atom stereocenters. The van der Waals surface area contributed by atoms with Crippen LogP contribution in [0.2, 0.25) is 0 Å². The Morgan fingerprint density at radius 2 is 2.03 bits per heavy atom. The number of esters is 1. The molecule has 2 aromatic rings. The average Bonchev–Trinajstić information content (AvgIpc) is 3.38. The molecule has 210 valence electrons. The van der Waals surface area contributed by atoms with Crippen LogP contribution in [0.1, 0.15) is 72.7 Å². The molecule has 13 nitrogen and oxygen atoms in total. The van der Waals surface area contributed by atoms with Crippen LogP contribution in [0, 0.1) is 11.3 Å². The summed E-state index contributed by atoms with van der Waals surface area (Å²) in [6, 6.07) is 2.29. The summed E-state index contributed by atoms with van der Waals surface area (Å²) in [6.07, 6.45) is 0.00624. The van der Waals surface area contributed by atoms with Crippen LogP contribution in [0.4, 0.5) is 0 Å². The Balaban J connectivity index is 1.92. The van der Waals surface area contributed by atoms with E-state index in [0.29, 0.717) is 17.5 Å². The molecule has 14 heteroatoms. The summed E-state index contributed by atoms with van der Waals surface area (Å²) < 4.78 is 28.8. The van der Waals surface area contributed by atoms with Gasteiger partial charge in [0.25, 0.3) is 14.1 Å². The molecule has 0 N–H and O–H groups in total. The zero-order chi connectivity index (χ0) is 28.0. The minimum Gasteiger partial charge on any atom is -0.463 e. The molecular weight excluding hydrogens is 513 g/mol. The summed E-state index contributed by atoms with van der Waals surface area (Å²) in [4.78, 5) is 25.0. The highest BCUT2D eigenvalue weighted by Crippen LogP contribution is 2.49. The molecule has 0 aromatic carbocycles. The molecule has 3 heterocycles. The van der Waals surface area contributed by atoms with Gasteiger partial charge in [-0.05, 0) is 34.1 Å². The van der Waals surface area contributed by atoms with Gasteiger partial charge >= 0.3 is 5.97 Å². The van der Waals surface area contributed by atoms with Gasteiger partial charge in [0.15, 0.2) is 11.7 Å². The fourth-order valence-corrected chi connectivity index (χ4v) is 6.23. The van der Waals surface area contributed by atoms with Gasteiger partial charge in [0.1, 0.15) is 18.2 Å². The number of nitrogens with zero attached hydrogens (tertiary/aromatic N) is 7. The summed E-state index contributed by atoms with van der Waals surface area (Å²) in [5.41, 5.74) is 1.19. The van der Waals surface area contributed by atoms with Crippen molar-refractivity contribution in [2.45, 2.75) is 97.7 Å². The third kappa shape index (κ3) is 6.93. The van der Waals surface area contributed by atoms with E-state index in [0.717, 1.165) is 12.1 Å². The number of aromatic nitrogens is 5. The molecule has 0 saturated carbocycles. The minimum atomic E-state index is -1.58. The number of rotatable bonds is 13. The van der Waals surface area contributed by atoms with E-state index in [2.05, 4.69) is 26.2 Å². The number of carbonyl (C=O) groups is 1. The van der Waals surface area contributed by atoms with Gasteiger partial charge in [0.05, 0.1) is 30.9 Å². The molecule has 4 unspecified atom stereocenters. The highest BCUT2D eigenvalue weighted by Gasteiger charge is 2.42. The summed E-state index contributed by atoms with van der Waals surface area (Å²) in [7, 11) is 0.122. The van der Waals surface area contributed by atoms with E-state index in [-0.39, 0.29) is 43.7 Å². The zero-order valence-electron chi connectivity index (χ0n) is 23.2. The first kappa shape index (κ1) is 30.1. The van der Waals surface area contributed by atoms with Crippen molar-refractivity contribution < 1.29 is 23.3 Å². The average molecular weight is 552 g/mol. The van der Waals surface area contributed by atoms with Crippen LogP contribution in [0.15, 0.2) is 4.79 Å². The fourth-order valence-electron chi connectivity index (χ4n) is 4.47. The molecule has 2 aromatic heterocycles. The normalized spacial score (nSPS) is 20.5. The van der Waals surface area contributed by atoms with E-state index in [1.807, 2.05) is 34.6 Å². The number of hydrogen-bond acceptors (Lipinski definition) is 11. The monoisotopic (exact) mass is 551 g/mol. The molecule has 1 saturated heterocycles. The first-order valence-electron chi connectivity index (χ1n) is 12.9. The number of carbonyl (C=O) groups excluding carboxylic acids is 1. The lowest BCUT2D eigenvalue weighted by atomic mass is 10.2. The molecule has 0 radical (unpaired) electrons. The van der Waals surface area contributed by atoms with Crippen LogP contribution >= 0.6 is 8.53 Å². The maximum Gasteiger partial charge on any atom is 0.302 e. The molecule has 0 spiro atoms. The van der Waals surface area contributed by atoms with Crippen molar-refractivity contribution in [3.8, 4) is 6.07 Å². The second-order valence-electron chi connectivity index (χ2n) is 9.71. The lowest BCUT2D eigenvalue weighted by Crippen LogP contribution is -2.36. The number of nitriles is 1. The van der Waals surface area contributed by atoms with Crippen LogP contribution < -0.4 is 5.56 Å². The maximum absolute atomic E-state index is 13.5. The Morgan fingerprint density at radius 1 is 1.32 bits per heavy atom. The fraction of sp³-hybridized carbons (Fsp3) is 0.750. The van der Waals surface area contributed by atoms with Crippen molar-refractivity contribution in [1.29, 1.82) is 5.26 Å². The third-order valence-corrected chi connectivity index (χ3v) is 8.18.